The Hall–Kier alpha value is -3.14. The summed E-state index contributed by atoms with van der Waals surface area (Å²) in [6, 6.07) is 19.9. The van der Waals surface area contributed by atoms with E-state index in [4.69, 9.17) is 4.74 Å². The molecule has 0 saturated heterocycles. The van der Waals surface area contributed by atoms with Crippen LogP contribution in [0.3, 0.4) is 0 Å². The number of ether oxygens (including phenoxy) is 1. The van der Waals surface area contributed by atoms with Gasteiger partial charge in [-0.25, -0.2) is 4.79 Å². The van der Waals surface area contributed by atoms with E-state index in [2.05, 4.69) is 11.1 Å². The molecule has 0 unspecified atom stereocenters. The van der Waals surface area contributed by atoms with E-state index in [-0.39, 0.29) is 5.56 Å². The lowest BCUT2D eigenvalue weighted by atomic mass is 9.97. The average molecular weight is 319 g/mol. The fraction of sp³-hybridized carbons (Fsp3) is 0.100. The molecule has 0 aliphatic rings. The number of hydrogen-bond donors (Lipinski definition) is 1. The van der Waals surface area contributed by atoms with E-state index < -0.39 is 11.5 Å². The Balaban J connectivity index is 1.97. The van der Waals surface area contributed by atoms with Gasteiger partial charge in [0.05, 0.1) is 7.11 Å². The van der Waals surface area contributed by atoms with Crippen LogP contribution < -0.4 is 5.56 Å². The van der Waals surface area contributed by atoms with Crippen molar-refractivity contribution >= 4 is 5.97 Å². The first-order chi connectivity index (χ1) is 11.7. The predicted molar refractivity (Wildman–Crippen MR) is 93.1 cm³/mol. The van der Waals surface area contributed by atoms with E-state index in [0.29, 0.717) is 12.0 Å². The maximum atomic E-state index is 12.0. The van der Waals surface area contributed by atoms with Gasteiger partial charge in [0.25, 0.3) is 5.56 Å². The van der Waals surface area contributed by atoms with Crippen molar-refractivity contribution in [2.24, 2.45) is 0 Å². The topological polar surface area (TPSA) is 59.2 Å². The van der Waals surface area contributed by atoms with E-state index in [1.54, 1.807) is 12.3 Å². The summed E-state index contributed by atoms with van der Waals surface area (Å²) in [4.78, 5) is 26.4. The number of carbonyl (C=O) groups is 1. The third kappa shape index (κ3) is 3.27. The number of H-pyrrole nitrogens is 1. The molecule has 1 aromatic heterocycles. The molecule has 0 spiro atoms. The average Bonchev–Trinajstić information content (AvgIpc) is 2.62. The highest BCUT2D eigenvalue weighted by molar-refractivity contribution is 5.90. The van der Waals surface area contributed by atoms with Gasteiger partial charge < -0.3 is 9.72 Å². The van der Waals surface area contributed by atoms with E-state index in [1.807, 2.05) is 48.5 Å². The number of aromatic nitrogens is 1. The number of benzene rings is 2. The molecule has 0 bridgehead atoms. The molecule has 0 amide bonds. The third-order valence-electron chi connectivity index (χ3n) is 3.87. The first-order valence-corrected chi connectivity index (χ1v) is 7.62. The first-order valence-electron chi connectivity index (χ1n) is 7.62. The van der Waals surface area contributed by atoms with Crippen LogP contribution in [-0.4, -0.2) is 18.1 Å². The van der Waals surface area contributed by atoms with Crippen LogP contribution in [-0.2, 0) is 11.2 Å². The van der Waals surface area contributed by atoms with Gasteiger partial charge in [0.2, 0.25) is 0 Å². The van der Waals surface area contributed by atoms with Gasteiger partial charge in [0.15, 0.2) is 0 Å². The fourth-order valence-electron chi connectivity index (χ4n) is 2.70. The summed E-state index contributed by atoms with van der Waals surface area (Å²) >= 11 is 0. The van der Waals surface area contributed by atoms with E-state index >= 15 is 0 Å². The first kappa shape index (κ1) is 15.7. The lowest BCUT2D eigenvalue weighted by Crippen LogP contribution is -2.21. The smallest absolute Gasteiger partial charge is 0.343 e. The summed E-state index contributed by atoms with van der Waals surface area (Å²) < 4.78 is 4.73. The molecule has 0 atom stereocenters. The van der Waals surface area contributed by atoms with E-state index in [9.17, 15) is 9.59 Å². The Bertz CT molecular complexity index is 913. The monoisotopic (exact) mass is 319 g/mol. The summed E-state index contributed by atoms with van der Waals surface area (Å²) in [7, 11) is 1.27. The van der Waals surface area contributed by atoms with Crippen molar-refractivity contribution in [2.75, 3.05) is 7.11 Å². The minimum atomic E-state index is -0.619. The highest BCUT2D eigenvalue weighted by Crippen LogP contribution is 2.22. The van der Waals surface area contributed by atoms with Crippen LogP contribution in [0.2, 0.25) is 0 Å². The number of methoxy groups -OCH3 is 1. The van der Waals surface area contributed by atoms with Crippen molar-refractivity contribution in [1.82, 2.24) is 4.98 Å². The highest BCUT2D eigenvalue weighted by Gasteiger charge is 2.16. The summed E-state index contributed by atoms with van der Waals surface area (Å²) in [5.74, 6) is -0.619. The molecule has 0 fully saturated rings. The SMILES string of the molecule is COC(=O)c1c(Cc2cccc(-c3ccccc3)c2)cc[nH]c1=O. The number of aromatic amines is 1. The van der Waals surface area contributed by atoms with E-state index in [1.165, 1.54) is 7.11 Å². The van der Waals surface area contributed by atoms with Crippen LogP contribution >= 0.6 is 0 Å². The Morgan fingerprint density at radius 2 is 1.75 bits per heavy atom. The lowest BCUT2D eigenvalue weighted by Gasteiger charge is -2.09. The number of rotatable bonds is 4. The molecule has 4 nitrogen and oxygen atoms in total. The Kier molecular flexibility index (Phi) is 4.57. The molecular formula is C20H17NO3. The molecule has 3 aromatic rings. The molecule has 2 aromatic carbocycles. The van der Waals surface area contributed by atoms with Gasteiger partial charge in [-0.15, -0.1) is 0 Å². The highest BCUT2D eigenvalue weighted by atomic mass is 16.5. The van der Waals surface area contributed by atoms with Crippen molar-refractivity contribution in [2.45, 2.75) is 6.42 Å². The van der Waals surface area contributed by atoms with Gasteiger partial charge in [0, 0.05) is 6.20 Å². The van der Waals surface area contributed by atoms with Gasteiger partial charge in [-0.3, -0.25) is 4.79 Å². The number of hydrogen-bond acceptors (Lipinski definition) is 3. The lowest BCUT2D eigenvalue weighted by molar-refractivity contribution is 0.0597. The molecule has 120 valence electrons. The van der Waals surface area contributed by atoms with E-state index in [0.717, 1.165) is 16.7 Å². The van der Waals surface area contributed by atoms with Crippen LogP contribution in [0.1, 0.15) is 21.5 Å². The molecule has 0 aliphatic carbocycles. The van der Waals surface area contributed by atoms with Gasteiger partial charge in [0.1, 0.15) is 5.56 Å². The standard InChI is InChI=1S/C20H17NO3/c1-24-20(23)18-17(10-11-21-19(18)22)13-14-6-5-9-16(12-14)15-7-3-2-4-8-15/h2-12H,13H2,1H3,(H,21,22). The van der Waals surface area contributed by atoms with Gasteiger partial charge in [-0.1, -0.05) is 54.6 Å². The van der Waals surface area contributed by atoms with Crippen molar-refractivity contribution in [3.63, 3.8) is 0 Å². The number of pyridine rings is 1. The van der Waals surface area contributed by atoms with Gasteiger partial charge in [-0.05, 0) is 34.7 Å². The molecule has 0 saturated carbocycles. The van der Waals surface area contributed by atoms with Gasteiger partial charge >= 0.3 is 5.97 Å². The minimum absolute atomic E-state index is 0.0603. The molecule has 4 heteroatoms. The molecule has 0 radical (unpaired) electrons. The summed E-state index contributed by atoms with van der Waals surface area (Å²) in [5, 5.41) is 0. The Morgan fingerprint density at radius 1 is 1.00 bits per heavy atom. The van der Waals surface area contributed by atoms with Crippen molar-refractivity contribution in [3.05, 3.63) is 93.9 Å². The van der Waals surface area contributed by atoms with Crippen LogP contribution in [0.15, 0.2) is 71.7 Å². The zero-order valence-electron chi connectivity index (χ0n) is 13.3. The zero-order valence-corrected chi connectivity index (χ0v) is 13.3. The second-order valence-corrected chi connectivity index (χ2v) is 5.44. The van der Waals surface area contributed by atoms with Crippen LogP contribution in [0.5, 0.6) is 0 Å². The van der Waals surface area contributed by atoms with Crippen molar-refractivity contribution in [3.8, 4) is 11.1 Å². The fourth-order valence-corrected chi connectivity index (χ4v) is 2.70. The zero-order chi connectivity index (χ0) is 16.9. The van der Waals surface area contributed by atoms with Crippen LogP contribution in [0, 0.1) is 0 Å². The second kappa shape index (κ2) is 6.96. The van der Waals surface area contributed by atoms with Gasteiger partial charge in [-0.2, -0.15) is 0 Å². The minimum Gasteiger partial charge on any atom is -0.465 e. The Morgan fingerprint density at radius 3 is 2.50 bits per heavy atom. The second-order valence-electron chi connectivity index (χ2n) is 5.44. The van der Waals surface area contributed by atoms with Crippen LogP contribution in [0.25, 0.3) is 11.1 Å². The molecular weight excluding hydrogens is 302 g/mol. The Labute approximate surface area is 139 Å². The molecule has 3 rings (SSSR count). The molecule has 1 N–H and O–H groups in total. The summed E-state index contributed by atoms with van der Waals surface area (Å²) in [5.41, 5.74) is 3.52. The molecule has 1 heterocycles. The maximum Gasteiger partial charge on any atom is 0.343 e. The largest absolute Gasteiger partial charge is 0.465 e. The van der Waals surface area contributed by atoms with Crippen molar-refractivity contribution < 1.29 is 9.53 Å². The number of esters is 1. The van der Waals surface area contributed by atoms with Crippen LogP contribution in [0.4, 0.5) is 0 Å². The predicted octanol–water partition coefficient (Wildman–Crippen LogP) is 3.42. The molecule has 24 heavy (non-hydrogen) atoms. The number of carbonyl (C=O) groups excluding carboxylic acids is 1. The normalized spacial score (nSPS) is 10.4. The maximum absolute atomic E-state index is 12.0. The van der Waals surface area contributed by atoms with Crippen molar-refractivity contribution in [1.29, 1.82) is 0 Å². The number of nitrogens with one attached hydrogen (secondary N) is 1. The third-order valence-corrected chi connectivity index (χ3v) is 3.87. The molecule has 0 aliphatic heterocycles. The summed E-state index contributed by atoms with van der Waals surface area (Å²) in [6.07, 6.45) is 2.03. The summed E-state index contributed by atoms with van der Waals surface area (Å²) in [6.45, 7) is 0. The quantitative estimate of drug-likeness (QED) is 0.750.